The zero-order chi connectivity index (χ0) is 13.1. The predicted molar refractivity (Wildman–Crippen MR) is 81.9 cm³/mol. The zero-order valence-corrected chi connectivity index (χ0v) is 10.6. The zero-order valence-electron chi connectivity index (χ0n) is 10.6. The van der Waals surface area contributed by atoms with Gasteiger partial charge in [-0.15, -0.1) is 0 Å². The minimum absolute atomic E-state index is 0.888. The smallest absolute Gasteiger partial charge is 0.136 e. The molecular weight excluding hydrogens is 246 g/mol. The number of aromatic amines is 1. The fraction of sp³-hybridized carbons (Fsp3) is 0. The van der Waals surface area contributed by atoms with Crippen LogP contribution < -0.4 is 0 Å². The first kappa shape index (κ1) is 10.1. The normalized spacial score (nSPS) is 12.0. The number of rotatable bonds is 0. The largest absolute Gasteiger partial charge is 0.456 e. The molecule has 0 amide bonds. The Morgan fingerprint density at radius 3 is 2.75 bits per heavy atom. The molecule has 0 saturated carbocycles. The van der Waals surface area contributed by atoms with E-state index in [-0.39, 0.29) is 0 Å². The van der Waals surface area contributed by atoms with Crippen molar-refractivity contribution in [3.8, 4) is 0 Å². The second-order valence-corrected chi connectivity index (χ2v) is 5.08. The molecule has 5 rings (SSSR count). The topological polar surface area (TPSA) is 28.9 Å². The van der Waals surface area contributed by atoms with E-state index >= 15 is 0 Å². The summed E-state index contributed by atoms with van der Waals surface area (Å²) in [7, 11) is 0. The van der Waals surface area contributed by atoms with Gasteiger partial charge in [0.1, 0.15) is 11.2 Å². The summed E-state index contributed by atoms with van der Waals surface area (Å²) < 4.78 is 5.93. The van der Waals surface area contributed by atoms with Crippen molar-refractivity contribution in [3.05, 3.63) is 60.7 Å². The fourth-order valence-electron chi connectivity index (χ4n) is 2.99. The molecule has 0 aliphatic heterocycles. The summed E-state index contributed by atoms with van der Waals surface area (Å²) in [6, 6.07) is 21.7. The summed E-state index contributed by atoms with van der Waals surface area (Å²) in [6.45, 7) is 0. The minimum atomic E-state index is 0.888. The van der Waals surface area contributed by atoms with Gasteiger partial charge in [0.2, 0.25) is 0 Å². The average Bonchev–Trinajstić information content (AvgIpc) is 3.02. The second-order valence-electron chi connectivity index (χ2n) is 5.08. The molecule has 0 atom stereocenters. The van der Waals surface area contributed by atoms with E-state index in [2.05, 4.69) is 41.4 Å². The molecule has 0 fully saturated rings. The van der Waals surface area contributed by atoms with Gasteiger partial charge in [-0.2, -0.15) is 0 Å². The first-order valence-corrected chi connectivity index (χ1v) is 6.63. The van der Waals surface area contributed by atoms with Gasteiger partial charge in [0.25, 0.3) is 0 Å². The highest BCUT2D eigenvalue weighted by molar-refractivity contribution is 6.15. The molecule has 0 bridgehead atoms. The SMILES string of the molecule is [c]1cccc2oc3cc4c(cc3c12)[nH]c1ccccc14. The second kappa shape index (κ2) is 3.42. The van der Waals surface area contributed by atoms with E-state index in [0.29, 0.717) is 0 Å². The van der Waals surface area contributed by atoms with E-state index in [1.165, 1.54) is 10.8 Å². The van der Waals surface area contributed by atoms with Crippen LogP contribution in [0.25, 0.3) is 43.7 Å². The van der Waals surface area contributed by atoms with Crippen LogP contribution in [0.15, 0.2) is 59.0 Å². The molecule has 1 N–H and O–H groups in total. The van der Waals surface area contributed by atoms with Crippen LogP contribution in [0.5, 0.6) is 0 Å². The van der Waals surface area contributed by atoms with E-state index < -0.39 is 0 Å². The molecule has 0 unspecified atom stereocenters. The maximum atomic E-state index is 5.93. The summed E-state index contributed by atoms with van der Waals surface area (Å²) in [5, 5.41) is 4.59. The van der Waals surface area contributed by atoms with Gasteiger partial charge in [0.05, 0.1) is 0 Å². The van der Waals surface area contributed by atoms with Crippen LogP contribution >= 0.6 is 0 Å². The maximum Gasteiger partial charge on any atom is 0.136 e. The van der Waals surface area contributed by atoms with Crippen molar-refractivity contribution in [1.82, 2.24) is 4.98 Å². The molecule has 1 radical (unpaired) electrons. The van der Waals surface area contributed by atoms with Crippen molar-refractivity contribution in [2.75, 3.05) is 0 Å². The van der Waals surface area contributed by atoms with Crippen LogP contribution in [-0.2, 0) is 0 Å². The van der Waals surface area contributed by atoms with Gasteiger partial charge in [0, 0.05) is 32.6 Å². The van der Waals surface area contributed by atoms with Crippen LogP contribution in [0, 0.1) is 6.07 Å². The third-order valence-electron chi connectivity index (χ3n) is 3.91. The first-order chi connectivity index (χ1) is 9.90. The number of hydrogen-bond donors (Lipinski definition) is 1. The van der Waals surface area contributed by atoms with Crippen LogP contribution in [0.3, 0.4) is 0 Å². The Labute approximate surface area is 114 Å². The molecule has 2 heteroatoms. The van der Waals surface area contributed by atoms with E-state index in [0.717, 1.165) is 33.0 Å². The quantitative estimate of drug-likeness (QED) is 0.414. The molecule has 0 spiro atoms. The number of aromatic nitrogens is 1. The van der Waals surface area contributed by atoms with Gasteiger partial charge in [-0.1, -0.05) is 30.3 Å². The van der Waals surface area contributed by atoms with Crippen LogP contribution in [0.1, 0.15) is 0 Å². The number of H-pyrrole nitrogens is 1. The van der Waals surface area contributed by atoms with Gasteiger partial charge in [-0.3, -0.25) is 0 Å². The van der Waals surface area contributed by atoms with Crippen molar-refractivity contribution in [1.29, 1.82) is 0 Å². The number of hydrogen-bond acceptors (Lipinski definition) is 1. The standard InChI is InChI=1S/C18H10NO/c1-3-7-15-11(5-1)13-10-18-14(9-16(13)19-15)12-6-2-4-8-17(12)20-18/h1-5,7-10,19H. The highest BCUT2D eigenvalue weighted by Gasteiger charge is 2.10. The van der Waals surface area contributed by atoms with E-state index in [9.17, 15) is 0 Å². The summed E-state index contributed by atoms with van der Waals surface area (Å²) in [5.41, 5.74) is 4.10. The number of nitrogens with one attached hydrogen (secondary N) is 1. The van der Waals surface area contributed by atoms with Crippen LogP contribution in [0.4, 0.5) is 0 Å². The molecule has 2 aromatic heterocycles. The molecule has 5 aromatic rings. The van der Waals surface area contributed by atoms with E-state index in [4.69, 9.17) is 4.42 Å². The highest BCUT2D eigenvalue weighted by atomic mass is 16.3. The van der Waals surface area contributed by atoms with Crippen LogP contribution in [0.2, 0.25) is 0 Å². The molecule has 3 aromatic carbocycles. The first-order valence-electron chi connectivity index (χ1n) is 6.63. The predicted octanol–water partition coefficient (Wildman–Crippen LogP) is 5.02. The molecule has 0 aliphatic rings. The number of para-hydroxylation sites is 1. The molecule has 2 heterocycles. The Morgan fingerprint density at radius 2 is 1.75 bits per heavy atom. The maximum absolute atomic E-state index is 5.93. The van der Waals surface area contributed by atoms with Gasteiger partial charge >= 0.3 is 0 Å². The Morgan fingerprint density at radius 1 is 0.800 bits per heavy atom. The Balaban J connectivity index is 2.05. The summed E-state index contributed by atoms with van der Waals surface area (Å²) in [6.07, 6.45) is 0. The molecule has 0 saturated heterocycles. The summed E-state index contributed by atoms with van der Waals surface area (Å²) in [4.78, 5) is 3.47. The molecular formula is C18H10NO. The van der Waals surface area contributed by atoms with E-state index in [1.54, 1.807) is 0 Å². The van der Waals surface area contributed by atoms with E-state index in [1.807, 2.05) is 24.3 Å². The summed E-state index contributed by atoms with van der Waals surface area (Å²) >= 11 is 0. The Bertz CT molecular complexity index is 1010. The Hall–Kier alpha value is -2.74. The lowest BCUT2D eigenvalue weighted by Gasteiger charge is -1.92. The van der Waals surface area contributed by atoms with Gasteiger partial charge < -0.3 is 9.40 Å². The molecule has 20 heavy (non-hydrogen) atoms. The highest BCUT2D eigenvalue weighted by Crippen LogP contribution is 2.34. The lowest BCUT2D eigenvalue weighted by molar-refractivity contribution is 0.669. The molecule has 2 nitrogen and oxygen atoms in total. The third-order valence-corrected chi connectivity index (χ3v) is 3.91. The molecule has 0 aliphatic carbocycles. The van der Waals surface area contributed by atoms with Crippen molar-refractivity contribution in [2.45, 2.75) is 0 Å². The number of furan rings is 1. The summed E-state index contributed by atoms with van der Waals surface area (Å²) in [5.74, 6) is 0. The molecule has 93 valence electrons. The number of fused-ring (bicyclic) bond motifs is 6. The van der Waals surface area contributed by atoms with Crippen molar-refractivity contribution in [3.63, 3.8) is 0 Å². The van der Waals surface area contributed by atoms with Crippen molar-refractivity contribution < 1.29 is 4.42 Å². The average molecular weight is 256 g/mol. The van der Waals surface area contributed by atoms with Gasteiger partial charge in [-0.05, 0) is 30.3 Å². The van der Waals surface area contributed by atoms with Crippen molar-refractivity contribution >= 4 is 43.7 Å². The Kier molecular flexibility index (Phi) is 1.73. The van der Waals surface area contributed by atoms with Crippen LogP contribution in [-0.4, -0.2) is 4.98 Å². The monoisotopic (exact) mass is 256 g/mol. The van der Waals surface area contributed by atoms with Gasteiger partial charge in [-0.25, -0.2) is 0 Å². The minimum Gasteiger partial charge on any atom is -0.456 e. The van der Waals surface area contributed by atoms with Gasteiger partial charge in [0.15, 0.2) is 0 Å². The number of benzene rings is 3. The lowest BCUT2D eigenvalue weighted by Crippen LogP contribution is -1.69. The van der Waals surface area contributed by atoms with Crippen molar-refractivity contribution in [2.24, 2.45) is 0 Å². The lowest BCUT2D eigenvalue weighted by atomic mass is 10.1. The third kappa shape index (κ3) is 1.18. The fourth-order valence-corrected chi connectivity index (χ4v) is 2.99.